The minimum Gasteiger partial charge on any atom is -0.493 e. The standard InChI is InChI=1S/C16H13ClO3S/c17-14-6-5-11(7-13(14)16(18)19)20-8-10-9-21-15-4-2-1-3-12(10)15/h1-7,10H,8-9H2,(H,18,19). The number of carboxylic acids is 1. The van der Waals surface area contributed by atoms with Crippen molar-refractivity contribution < 1.29 is 14.6 Å². The van der Waals surface area contributed by atoms with E-state index in [9.17, 15) is 4.79 Å². The lowest BCUT2D eigenvalue weighted by Gasteiger charge is -2.13. The summed E-state index contributed by atoms with van der Waals surface area (Å²) in [6.07, 6.45) is 0. The molecule has 108 valence electrons. The van der Waals surface area contributed by atoms with Crippen LogP contribution in [0, 0.1) is 0 Å². The third-order valence-electron chi connectivity index (χ3n) is 3.42. The fourth-order valence-electron chi connectivity index (χ4n) is 2.32. The maximum Gasteiger partial charge on any atom is 0.337 e. The Hall–Kier alpha value is -1.65. The van der Waals surface area contributed by atoms with Crippen molar-refractivity contribution >= 4 is 29.3 Å². The molecule has 0 saturated carbocycles. The summed E-state index contributed by atoms with van der Waals surface area (Å²) in [5, 5.41) is 9.28. The molecule has 0 fully saturated rings. The lowest BCUT2D eigenvalue weighted by molar-refractivity contribution is 0.0696. The molecule has 1 atom stereocenters. The molecule has 3 nitrogen and oxygen atoms in total. The first kappa shape index (κ1) is 14.3. The normalized spacial score (nSPS) is 16.5. The lowest BCUT2D eigenvalue weighted by Crippen LogP contribution is -2.10. The highest BCUT2D eigenvalue weighted by atomic mass is 35.5. The Bertz CT molecular complexity index is 687. The van der Waals surface area contributed by atoms with Gasteiger partial charge in [-0.25, -0.2) is 4.79 Å². The summed E-state index contributed by atoms with van der Waals surface area (Å²) in [7, 11) is 0. The van der Waals surface area contributed by atoms with E-state index in [0.29, 0.717) is 18.3 Å². The van der Waals surface area contributed by atoms with Crippen molar-refractivity contribution in [3.8, 4) is 5.75 Å². The van der Waals surface area contributed by atoms with Crippen LogP contribution in [0.3, 0.4) is 0 Å². The number of hydrogen-bond acceptors (Lipinski definition) is 3. The Morgan fingerprint density at radius 3 is 2.95 bits per heavy atom. The molecule has 0 saturated heterocycles. The smallest absolute Gasteiger partial charge is 0.337 e. The fraction of sp³-hybridized carbons (Fsp3) is 0.188. The van der Waals surface area contributed by atoms with E-state index in [-0.39, 0.29) is 10.6 Å². The molecule has 1 N–H and O–H groups in total. The molecular formula is C16H13ClO3S. The first-order chi connectivity index (χ1) is 10.1. The van der Waals surface area contributed by atoms with Crippen molar-refractivity contribution in [2.75, 3.05) is 12.4 Å². The largest absolute Gasteiger partial charge is 0.493 e. The predicted molar refractivity (Wildman–Crippen MR) is 83.8 cm³/mol. The summed E-state index contributed by atoms with van der Waals surface area (Å²) < 4.78 is 5.76. The molecule has 3 rings (SSSR count). The second kappa shape index (κ2) is 6.00. The SMILES string of the molecule is O=C(O)c1cc(OCC2CSc3ccccc32)ccc1Cl. The van der Waals surface area contributed by atoms with Gasteiger partial charge in [-0.15, -0.1) is 11.8 Å². The number of rotatable bonds is 4. The third-order valence-corrected chi connectivity index (χ3v) is 5.00. The van der Waals surface area contributed by atoms with Crippen LogP contribution in [0.4, 0.5) is 0 Å². The average molecular weight is 321 g/mol. The van der Waals surface area contributed by atoms with Gasteiger partial charge in [0.25, 0.3) is 0 Å². The number of aromatic carboxylic acids is 1. The summed E-state index contributed by atoms with van der Waals surface area (Å²) in [5.74, 6) is 0.798. The van der Waals surface area contributed by atoms with Gasteiger partial charge in [0.15, 0.2) is 0 Å². The molecule has 2 aromatic carbocycles. The zero-order valence-corrected chi connectivity index (χ0v) is 12.7. The molecule has 0 bridgehead atoms. The summed E-state index contributed by atoms with van der Waals surface area (Å²) >= 11 is 7.67. The molecule has 1 aliphatic rings. The molecule has 0 spiro atoms. The van der Waals surface area contributed by atoms with Gasteiger partial charge in [-0.1, -0.05) is 29.8 Å². The van der Waals surface area contributed by atoms with Crippen molar-refractivity contribution in [3.05, 3.63) is 58.6 Å². The van der Waals surface area contributed by atoms with E-state index in [1.807, 2.05) is 23.9 Å². The number of thioether (sulfide) groups is 1. The monoisotopic (exact) mass is 320 g/mol. The van der Waals surface area contributed by atoms with Crippen LogP contribution in [0.15, 0.2) is 47.4 Å². The minimum atomic E-state index is -1.05. The highest BCUT2D eigenvalue weighted by molar-refractivity contribution is 7.99. The Balaban J connectivity index is 1.72. The van der Waals surface area contributed by atoms with Gasteiger partial charge in [-0.2, -0.15) is 0 Å². The van der Waals surface area contributed by atoms with Gasteiger partial charge in [0.1, 0.15) is 5.75 Å². The van der Waals surface area contributed by atoms with Crippen LogP contribution in [0.1, 0.15) is 21.8 Å². The molecule has 0 aromatic heterocycles. The molecule has 21 heavy (non-hydrogen) atoms. The van der Waals surface area contributed by atoms with Crippen LogP contribution in [-0.4, -0.2) is 23.4 Å². The first-order valence-corrected chi connectivity index (χ1v) is 7.89. The van der Waals surface area contributed by atoms with Gasteiger partial charge in [0, 0.05) is 16.6 Å². The van der Waals surface area contributed by atoms with Crippen molar-refractivity contribution in [3.63, 3.8) is 0 Å². The van der Waals surface area contributed by atoms with Crippen LogP contribution >= 0.6 is 23.4 Å². The van der Waals surface area contributed by atoms with Crippen LogP contribution in [0.5, 0.6) is 5.75 Å². The van der Waals surface area contributed by atoms with Crippen LogP contribution < -0.4 is 4.74 Å². The highest BCUT2D eigenvalue weighted by Gasteiger charge is 2.23. The Morgan fingerprint density at radius 2 is 2.14 bits per heavy atom. The van der Waals surface area contributed by atoms with E-state index in [2.05, 4.69) is 12.1 Å². The van der Waals surface area contributed by atoms with E-state index in [4.69, 9.17) is 21.4 Å². The van der Waals surface area contributed by atoms with Crippen molar-refractivity contribution in [2.45, 2.75) is 10.8 Å². The third kappa shape index (κ3) is 3.01. The fourth-order valence-corrected chi connectivity index (χ4v) is 3.75. The molecule has 5 heteroatoms. The zero-order valence-electron chi connectivity index (χ0n) is 11.1. The summed E-state index contributed by atoms with van der Waals surface area (Å²) in [4.78, 5) is 12.4. The highest BCUT2D eigenvalue weighted by Crippen LogP contribution is 2.39. The van der Waals surface area contributed by atoms with Crippen molar-refractivity contribution in [1.29, 1.82) is 0 Å². The topological polar surface area (TPSA) is 46.5 Å². The number of ether oxygens (including phenoxy) is 1. The van der Waals surface area contributed by atoms with Crippen LogP contribution in [0.2, 0.25) is 5.02 Å². The molecule has 0 radical (unpaired) electrons. The van der Waals surface area contributed by atoms with E-state index < -0.39 is 5.97 Å². The molecule has 2 aromatic rings. The number of hydrogen-bond donors (Lipinski definition) is 1. The average Bonchev–Trinajstić information content (AvgIpc) is 2.89. The quantitative estimate of drug-likeness (QED) is 0.912. The number of benzene rings is 2. The molecule has 1 heterocycles. The van der Waals surface area contributed by atoms with Crippen molar-refractivity contribution in [1.82, 2.24) is 0 Å². The van der Waals surface area contributed by atoms with E-state index in [1.54, 1.807) is 12.1 Å². The lowest BCUT2D eigenvalue weighted by atomic mass is 10.0. The molecule has 1 unspecified atom stereocenters. The van der Waals surface area contributed by atoms with E-state index in [0.717, 1.165) is 5.75 Å². The summed E-state index contributed by atoms with van der Waals surface area (Å²) in [6, 6.07) is 13.0. The molecule has 0 amide bonds. The molecule has 0 aliphatic carbocycles. The van der Waals surface area contributed by atoms with Crippen LogP contribution in [-0.2, 0) is 0 Å². The number of halogens is 1. The van der Waals surface area contributed by atoms with Gasteiger partial charge < -0.3 is 9.84 Å². The van der Waals surface area contributed by atoms with Gasteiger partial charge in [-0.3, -0.25) is 0 Å². The Labute approximate surface area is 131 Å². The Kier molecular flexibility index (Phi) is 4.08. The Morgan fingerprint density at radius 1 is 1.33 bits per heavy atom. The predicted octanol–water partition coefficient (Wildman–Crippen LogP) is 4.31. The maximum atomic E-state index is 11.1. The number of carbonyl (C=O) groups is 1. The van der Waals surface area contributed by atoms with E-state index >= 15 is 0 Å². The molecule has 1 aliphatic heterocycles. The van der Waals surface area contributed by atoms with Gasteiger partial charge in [0.05, 0.1) is 17.2 Å². The van der Waals surface area contributed by atoms with Crippen molar-refractivity contribution in [2.24, 2.45) is 0 Å². The molecular weight excluding hydrogens is 308 g/mol. The van der Waals surface area contributed by atoms with Gasteiger partial charge in [-0.05, 0) is 29.8 Å². The first-order valence-electron chi connectivity index (χ1n) is 6.52. The zero-order chi connectivity index (χ0) is 14.8. The van der Waals surface area contributed by atoms with Gasteiger partial charge in [0.2, 0.25) is 0 Å². The summed E-state index contributed by atoms with van der Waals surface area (Å²) in [5.41, 5.74) is 1.37. The van der Waals surface area contributed by atoms with E-state index in [1.165, 1.54) is 16.5 Å². The maximum absolute atomic E-state index is 11.1. The second-order valence-corrected chi connectivity index (χ2v) is 6.27. The minimum absolute atomic E-state index is 0.0652. The summed E-state index contributed by atoms with van der Waals surface area (Å²) in [6.45, 7) is 0.532. The second-order valence-electron chi connectivity index (χ2n) is 4.80. The number of carboxylic acid groups (broad SMARTS) is 1. The van der Waals surface area contributed by atoms with Gasteiger partial charge >= 0.3 is 5.97 Å². The number of fused-ring (bicyclic) bond motifs is 1. The van der Waals surface area contributed by atoms with Crippen LogP contribution in [0.25, 0.3) is 0 Å².